The molecule has 2 heterocycles. The van der Waals surface area contributed by atoms with Gasteiger partial charge < -0.3 is 9.84 Å². The second-order valence-electron chi connectivity index (χ2n) is 4.92. The molecular weight excluding hydrogens is 282 g/mol. The van der Waals surface area contributed by atoms with Crippen LogP contribution in [0.25, 0.3) is 0 Å². The maximum absolute atomic E-state index is 9.88. The van der Waals surface area contributed by atoms with Crippen LogP contribution < -0.4 is 4.74 Å². The number of aromatic hydroxyl groups is 1. The summed E-state index contributed by atoms with van der Waals surface area (Å²) in [5, 5.41) is 9.88. The molecular formula is C13H16BrNO2. The molecule has 0 radical (unpaired) electrons. The van der Waals surface area contributed by atoms with Crippen LogP contribution in [0.4, 0.5) is 0 Å². The van der Waals surface area contributed by atoms with Crippen molar-refractivity contribution in [3.63, 3.8) is 0 Å². The highest BCUT2D eigenvalue weighted by Crippen LogP contribution is 2.47. The van der Waals surface area contributed by atoms with Crippen LogP contribution in [0.15, 0.2) is 16.6 Å². The summed E-state index contributed by atoms with van der Waals surface area (Å²) >= 11 is 3.59. The molecule has 2 aliphatic rings. The molecule has 92 valence electrons. The van der Waals surface area contributed by atoms with Crippen LogP contribution in [0.5, 0.6) is 11.5 Å². The third kappa shape index (κ3) is 1.74. The van der Waals surface area contributed by atoms with E-state index in [1.165, 1.54) is 12.8 Å². The minimum atomic E-state index is 0.259. The number of rotatable bonds is 0. The van der Waals surface area contributed by atoms with E-state index in [0.29, 0.717) is 24.3 Å². The number of ether oxygens (including phenoxy) is 1. The van der Waals surface area contributed by atoms with Gasteiger partial charge in [-0.15, -0.1) is 0 Å². The molecule has 4 heteroatoms. The van der Waals surface area contributed by atoms with E-state index in [1.54, 1.807) is 6.07 Å². The Balaban J connectivity index is 2.09. The molecule has 17 heavy (non-hydrogen) atoms. The summed E-state index contributed by atoms with van der Waals surface area (Å²) in [4.78, 5) is 2.37. The Bertz CT molecular complexity index is 449. The Morgan fingerprint density at radius 3 is 3.12 bits per heavy atom. The predicted molar refractivity (Wildman–Crippen MR) is 69.7 cm³/mol. The number of likely N-dealkylation sites (N-methyl/N-ethyl adjacent to an activating group) is 1. The van der Waals surface area contributed by atoms with E-state index < -0.39 is 0 Å². The average molecular weight is 298 g/mol. The van der Waals surface area contributed by atoms with Gasteiger partial charge in [-0.25, -0.2) is 0 Å². The molecule has 1 fully saturated rings. The van der Waals surface area contributed by atoms with Crippen LogP contribution in [-0.2, 0) is 0 Å². The van der Waals surface area contributed by atoms with Crippen LogP contribution >= 0.6 is 15.9 Å². The van der Waals surface area contributed by atoms with Gasteiger partial charge in [0.1, 0.15) is 6.61 Å². The van der Waals surface area contributed by atoms with E-state index in [1.807, 2.05) is 6.07 Å². The van der Waals surface area contributed by atoms with Crippen molar-refractivity contribution in [1.29, 1.82) is 0 Å². The Hall–Kier alpha value is -0.740. The zero-order valence-electron chi connectivity index (χ0n) is 9.82. The Morgan fingerprint density at radius 2 is 2.29 bits per heavy atom. The fourth-order valence-electron chi connectivity index (χ4n) is 3.04. The summed E-state index contributed by atoms with van der Waals surface area (Å²) < 4.78 is 6.80. The van der Waals surface area contributed by atoms with Gasteiger partial charge in [0.25, 0.3) is 0 Å². The molecule has 1 aromatic carbocycles. The first-order valence-corrected chi connectivity index (χ1v) is 6.82. The zero-order valence-corrected chi connectivity index (χ0v) is 11.4. The monoisotopic (exact) mass is 297 g/mol. The fraction of sp³-hybridized carbons (Fsp3) is 0.538. The molecule has 1 aromatic rings. The van der Waals surface area contributed by atoms with E-state index in [2.05, 4.69) is 27.9 Å². The van der Waals surface area contributed by atoms with Crippen LogP contribution in [0, 0.1) is 0 Å². The molecule has 3 nitrogen and oxygen atoms in total. The molecule has 0 unspecified atom stereocenters. The molecule has 2 aliphatic heterocycles. The molecule has 0 saturated carbocycles. The maximum atomic E-state index is 9.88. The normalized spacial score (nSPS) is 28.1. The van der Waals surface area contributed by atoms with E-state index in [0.717, 1.165) is 16.6 Å². The molecule has 2 atom stereocenters. The number of hydrogen-bond acceptors (Lipinski definition) is 3. The first kappa shape index (κ1) is 11.4. The summed E-state index contributed by atoms with van der Waals surface area (Å²) in [6.07, 6.45) is 2.38. The third-order valence-electron chi connectivity index (χ3n) is 3.95. The first-order valence-electron chi connectivity index (χ1n) is 6.03. The number of phenols is 1. The van der Waals surface area contributed by atoms with Crippen LogP contribution in [0.3, 0.4) is 0 Å². The zero-order chi connectivity index (χ0) is 12.0. The van der Waals surface area contributed by atoms with Gasteiger partial charge in [-0.2, -0.15) is 0 Å². The smallest absolute Gasteiger partial charge is 0.165 e. The predicted octanol–water partition coefficient (Wildman–Crippen LogP) is 2.72. The average Bonchev–Trinajstić information content (AvgIpc) is 2.33. The lowest BCUT2D eigenvalue weighted by molar-refractivity contribution is 0.0844. The lowest BCUT2D eigenvalue weighted by Crippen LogP contribution is -2.47. The first-order chi connectivity index (χ1) is 8.18. The minimum Gasteiger partial charge on any atom is -0.504 e. The second-order valence-corrected chi connectivity index (χ2v) is 5.77. The largest absolute Gasteiger partial charge is 0.504 e. The Morgan fingerprint density at radius 1 is 1.47 bits per heavy atom. The van der Waals surface area contributed by atoms with Gasteiger partial charge in [-0.05, 0) is 38.6 Å². The molecule has 0 amide bonds. The van der Waals surface area contributed by atoms with Crippen LogP contribution in [0.1, 0.15) is 24.3 Å². The number of piperidine rings is 1. The summed E-state index contributed by atoms with van der Waals surface area (Å²) in [6.45, 7) is 1.81. The van der Waals surface area contributed by atoms with E-state index >= 15 is 0 Å². The standard InChI is InChI=1S/C13H16BrNO2/c1-15-6-2-3-8-10(15)7-17-13-11(16)5-4-9(14)12(8)13/h4-5,8,10,16H,2-3,6-7H2,1H3/t8-,10+/m1/s1. The molecule has 1 N–H and O–H groups in total. The van der Waals surface area contributed by atoms with E-state index in [9.17, 15) is 5.11 Å². The number of hydrogen-bond donors (Lipinski definition) is 1. The third-order valence-corrected chi connectivity index (χ3v) is 4.64. The SMILES string of the molecule is CN1CCC[C@H]2c3c(Br)ccc(O)c3OC[C@@H]21. The van der Waals surface area contributed by atoms with Gasteiger partial charge in [0.15, 0.2) is 11.5 Å². The fourth-order valence-corrected chi connectivity index (χ4v) is 3.64. The number of fused-ring (bicyclic) bond motifs is 3. The molecule has 3 rings (SSSR count). The van der Waals surface area contributed by atoms with Crippen molar-refractivity contribution in [3.8, 4) is 11.5 Å². The maximum Gasteiger partial charge on any atom is 0.165 e. The molecule has 0 aromatic heterocycles. The lowest BCUT2D eigenvalue weighted by Gasteiger charge is -2.43. The van der Waals surface area contributed by atoms with Crippen molar-refractivity contribution in [2.45, 2.75) is 24.8 Å². The van der Waals surface area contributed by atoms with Gasteiger partial charge in [0.05, 0.1) is 6.04 Å². The Labute approximate surface area is 110 Å². The highest BCUT2D eigenvalue weighted by atomic mass is 79.9. The molecule has 0 aliphatic carbocycles. The van der Waals surface area contributed by atoms with Gasteiger partial charge in [-0.3, -0.25) is 4.90 Å². The van der Waals surface area contributed by atoms with Crippen molar-refractivity contribution in [1.82, 2.24) is 4.90 Å². The number of likely N-dealkylation sites (tertiary alicyclic amines) is 1. The highest BCUT2D eigenvalue weighted by Gasteiger charge is 2.38. The summed E-state index contributed by atoms with van der Waals surface area (Å²) in [7, 11) is 2.15. The minimum absolute atomic E-state index is 0.259. The lowest BCUT2D eigenvalue weighted by atomic mass is 9.82. The Kier molecular flexibility index (Phi) is 2.79. The van der Waals surface area contributed by atoms with Gasteiger partial charge in [-0.1, -0.05) is 15.9 Å². The van der Waals surface area contributed by atoms with Gasteiger partial charge in [0, 0.05) is 16.0 Å². The van der Waals surface area contributed by atoms with E-state index in [-0.39, 0.29) is 5.75 Å². The molecule has 1 saturated heterocycles. The summed E-state index contributed by atoms with van der Waals surface area (Å²) in [5.41, 5.74) is 1.15. The van der Waals surface area contributed by atoms with Crippen LogP contribution in [0.2, 0.25) is 0 Å². The number of phenolic OH excluding ortho intramolecular Hbond substituents is 1. The van der Waals surface area contributed by atoms with E-state index in [4.69, 9.17) is 4.74 Å². The highest BCUT2D eigenvalue weighted by molar-refractivity contribution is 9.10. The number of halogens is 1. The van der Waals surface area contributed by atoms with Gasteiger partial charge >= 0.3 is 0 Å². The summed E-state index contributed by atoms with van der Waals surface area (Å²) in [6, 6.07) is 4.04. The number of benzene rings is 1. The van der Waals surface area contributed by atoms with Crippen LogP contribution in [-0.4, -0.2) is 36.2 Å². The van der Waals surface area contributed by atoms with Gasteiger partial charge in [0.2, 0.25) is 0 Å². The number of nitrogens with zero attached hydrogens (tertiary/aromatic N) is 1. The topological polar surface area (TPSA) is 32.7 Å². The quantitative estimate of drug-likeness (QED) is 0.799. The van der Waals surface area contributed by atoms with Crippen molar-refractivity contribution < 1.29 is 9.84 Å². The molecule has 0 spiro atoms. The van der Waals surface area contributed by atoms with Crippen molar-refractivity contribution >= 4 is 15.9 Å². The second kappa shape index (κ2) is 4.18. The summed E-state index contributed by atoms with van der Waals surface area (Å²) in [5.74, 6) is 1.41. The molecule has 0 bridgehead atoms. The van der Waals surface area contributed by atoms with Crippen molar-refractivity contribution in [2.75, 3.05) is 20.2 Å². The van der Waals surface area contributed by atoms with Crippen molar-refractivity contribution in [2.24, 2.45) is 0 Å². The van der Waals surface area contributed by atoms with Crippen molar-refractivity contribution in [3.05, 3.63) is 22.2 Å².